The minimum Gasteiger partial charge on any atom is -0.309 e. The van der Waals surface area contributed by atoms with E-state index in [0.29, 0.717) is 29.7 Å². The number of alkyl halides is 12. The average Bonchev–Trinajstić information content (AvgIpc) is 3.64. The van der Waals surface area contributed by atoms with Crippen LogP contribution in [0.5, 0.6) is 0 Å². The number of fused-ring (bicyclic) bond motifs is 6. The number of rotatable bonds is 3. The van der Waals surface area contributed by atoms with Gasteiger partial charge in [0.25, 0.3) is 0 Å². The standard InChI is InChI=1S/C41H19F12N3/c42-38(43,44)22-12-14-26-24-6-1-3-10-31(24)55(35(26)17-22)33-19-28(37-29(40(48,49)50)8-5-9-30(37)41(51,52)53)34(16-21(33)20-54)56-32-11-4-2-7-25(32)27-15-13-23(18-36(27)56)39(45,46)47/h1-19H. The third kappa shape index (κ3) is 5.78. The summed E-state index contributed by atoms with van der Waals surface area (Å²) >= 11 is 0. The fourth-order valence-corrected chi connectivity index (χ4v) is 7.36. The first-order valence-corrected chi connectivity index (χ1v) is 16.4. The van der Waals surface area contributed by atoms with E-state index in [-0.39, 0.29) is 38.2 Å². The van der Waals surface area contributed by atoms with E-state index < -0.39 is 75.0 Å². The molecular weight excluding hydrogens is 762 g/mol. The van der Waals surface area contributed by atoms with Crippen LogP contribution in [0.3, 0.4) is 0 Å². The highest BCUT2D eigenvalue weighted by molar-refractivity contribution is 6.11. The molecule has 56 heavy (non-hydrogen) atoms. The van der Waals surface area contributed by atoms with Crippen molar-refractivity contribution in [2.45, 2.75) is 24.7 Å². The molecule has 0 unspecified atom stereocenters. The molecule has 0 saturated carbocycles. The van der Waals surface area contributed by atoms with Crippen molar-refractivity contribution < 1.29 is 52.7 Å². The van der Waals surface area contributed by atoms with Gasteiger partial charge in [0, 0.05) is 32.7 Å². The van der Waals surface area contributed by atoms with E-state index in [1.54, 1.807) is 12.1 Å². The predicted molar refractivity (Wildman–Crippen MR) is 185 cm³/mol. The number of aromatic nitrogens is 2. The first-order chi connectivity index (χ1) is 26.3. The number of halogens is 12. The van der Waals surface area contributed by atoms with Crippen LogP contribution in [0.1, 0.15) is 27.8 Å². The molecule has 0 aliphatic carbocycles. The fourth-order valence-electron chi connectivity index (χ4n) is 7.36. The van der Waals surface area contributed by atoms with Crippen molar-refractivity contribution in [1.82, 2.24) is 9.13 Å². The summed E-state index contributed by atoms with van der Waals surface area (Å²) in [4.78, 5) is 0. The third-order valence-corrected chi connectivity index (χ3v) is 9.66. The van der Waals surface area contributed by atoms with Crippen molar-refractivity contribution in [1.29, 1.82) is 5.26 Å². The maximum atomic E-state index is 14.9. The smallest absolute Gasteiger partial charge is 0.309 e. The topological polar surface area (TPSA) is 33.6 Å². The van der Waals surface area contributed by atoms with Crippen LogP contribution in [0.2, 0.25) is 0 Å². The highest BCUT2D eigenvalue weighted by Gasteiger charge is 2.42. The molecule has 0 amide bonds. The second kappa shape index (κ2) is 12.3. The molecule has 0 aliphatic rings. The van der Waals surface area contributed by atoms with Crippen molar-refractivity contribution >= 4 is 43.6 Å². The van der Waals surface area contributed by atoms with Crippen LogP contribution in [0, 0.1) is 11.3 Å². The Labute approximate surface area is 306 Å². The number of hydrogen-bond acceptors (Lipinski definition) is 1. The Morgan fingerprint density at radius 3 is 1.27 bits per heavy atom. The van der Waals surface area contributed by atoms with E-state index in [4.69, 9.17) is 0 Å². The minimum absolute atomic E-state index is 0.0736. The molecule has 0 spiro atoms. The first-order valence-electron chi connectivity index (χ1n) is 16.4. The number of para-hydroxylation sites is 2. The molecule has 0 fully saturated rings. The van der Waals surface area contributed by atoms with Gasteiger partial charge in [-0.05, 0) is 60.7 Å². The predicted octanol–water partition coefficient (Wildman–Crippen LogP) is 13.5. The van der Waals surface area contributed by atoms with Gasteiger partial charge in [-0.3, -0.25) is 0 Å². The van der Waals surface area contributed by atoms with Crippen molar-refractivity contribution in [2.24, 2.45) is 0 Å². The SMILES string of the molecule is N#Cc1cc(-n2c3ccccc3c3ccc(C(F)(F)F)cc32)c(-c2c(C(F)(F)F)cccc2C(F)(F)F)cc1-n1c2ccccc2c2ccc(C(F)(F)F)cc21. The summed E-state index contributed by atoms with van der Waals surface area (Å²) in [5.74, 6) is 0. The van der Waals surface area contributed by atoms with Crippen molar-refractivity contribution in [2.75, 3.05) is 0 Å². The van der Waals surface area contributed by atoms with Gasteiger partial charge in [-0.1, -0.05) is 54.6 Å². The molecule has 3 nitrogen and oxygen atoms in total. The lowest BCUT2D eigenvalue weighted by atomic mass is 9.90. The summed E-state index contributed by atoms with van der Waals surface area (Å²) in [6.45, 7) is 0. The van der Waals surface area contributed by atoms with Gasteiger partial charge in [-0.15, -0.1) is 0 Å². The molecule has 2 heterocycles. The van der Waals surface area contributed by atoms with Crippen LogP contribution < -0.4 is 0 Å². The average molecular weight is 782 g/mol. The molecule has 0 aliphatic heterocycles. The Morgan fingerprint density at radius 1 is 0.411 bits per heavy atom. The van der Waals surface area contributed by atoms with E-state index in [1.807, 2.05) is 6.07 Å². The van der Waals surface area contributed by atoms with Gasteiger partial charge in [0.2, 0.25) is 0 Å². The maximum Gasteiger partial charge on any atom is 0.417 e. The van der Waals surface area contributed by atoms with E-state index in [1.165, 1.54) is 36.4 Å². The van der Waals surface area contributed by atoms with Gasteiger partial charge >= 0.3 is 24.7 Å². The summed E-state index contributed by atoms with van der Waals surface area (Å²) in [5, 5.41) is 11.6. The first kappa shape index (κ1) is 36.5. The molecule has 0 saturated heterocycles. The van der Waals surface area contributed by atoms with Gasteiger partial charge < -0.3 is 9.13 Å². The quantitative estimate of drug-likeness (QED) is 0.164. The van der Waals surface area contributed by atoms with Crippen molar-refractivity contribution in [3.63, 3.8) is 0 Å². The molecule has 8 rings (SSSR count). The Hall–Kier alpha value is -6.43. The Balaban J connectivity index is 1.61. The number of hydrogen-bond donors (Lipinski definition) is 0. The van der Waals surface area contributed by atoms with Crippen LogP contribution in [-0.4, -0.2) is 9.13 Å². The Morgan fingerprint density at radius 2 is 0.839 bits per heavy atom. The monoisotopic (exact) mass is 781 g/mol. The summed E-state index contributed by atoms with van der Waals surface area (Å²) in [5.41, 5.74) is -9.62. The number of nitrogens with zero attached hydrogens (tertiary/aromatic N) is 3. The van der Waals surface area contributed by atoms with E-state index in [2.05, 4.69) is 0 Å². The molecule has 0 N–H and O–H groups in total. The molecule has 0 bridgehead atoms. The summed E-state index contributed by atoms with van der Waals surface area (Å²) in [7, 11) is 0. The van der Waals surface area contributed by atoms with E-state index >= 15 is 0 Å². The van der Waals surface area contributed by atoms with E-state index in [9.17, 15) is 57.9 Å². The Bertz CT molecular complexity index is 2900. The zero-order valence-corrected chi connectivity index (χ0v) is 27.8. The van der Waals surface area contributed by atoms with Gasteiger partial charge in [0.15, 0.2) is 0 Å². The number of benzene rings is 6. The van der Waals surface area contributed by atoms with Gasteiger partial charge in [0.05, 0.1) is 61.3 Å². The molecule has 8 aromatic rings. The van der Waals surface area contributed by atoms with Crippen LogP contribution >= 0.6 is 0 Å². The highest BCUT2D eigenvalue weighted by Crippen LogP contribution is 2.49. The zero-order valence-electron chi connectivity index (χ0n) is 27.8. The Kier molecular flexibility index (Phi) is 8.02. The zero-order chi connectivity index (χ0) is 40.1. The third-order valence-electron chi connectivity index (χ3n) is 9.66. The van der Waals surface area contributed by atoms with Gasteiger partial charge in [0.1, 0.15) is 6.07 Å². The van der Waals surface area contributed by atoms with E-state index in [0.717, 1.165) is 51.6 Å². The highest BCUT2D eigenvalue weighted by atomic mass is 19.4. The number of nitriles is 1. The van der Waals surface area contributed by atoms with Crippen LogP contribution in [0.15, 0.2) is 115 Å². The largest absolute Gasteiger partial charge is 0.417 e. The molecule has 15 heteroatoms. The molecule has 282 valence electrons. The van der Waals surface area contributed by atoms with Crippen molar-refractivity contribution in [3.05, 3.63) is 143 Å². The van der Waals surface area contributed by atoms with Gasteiger partial charge in [-0.2, -0.15) is 57.9 Å². The minimum atomic E-state index is -5.43. The summed E-state index contributed by atoms with van der Waals surface area (Å²) < 4.78 is 176. The fraction of sp³-hybridized carbons (Fsp3) is 0.0976. The molecule has 6 aromatic carbocycles. The molecular formula is C41H19F12N3. The lowest BCUT2D eigenvalue weighted by molar-refractivity contribution is -0.142. The summed E-state index contributed by atoms with van der Waals surface area (Å²) in [6, 6.07) is 22.3. The van der Waals surface area contributed by atoms with Gasteiger partial charge in [-0.25, -0.2) is 0 Å². The molecule has 2 aromatic heterocycles. The van der Waals surface area contributed by atoms with Crippen LogP contribution in [-0.2, 0) is 24.7 Å². The molecule has 0 atom stereocenters. The summed E-state index contributed by atoms with van der Waals surface area (Å²) in [6.07, 6.45) is -20.7. The second-order valence-corrected chi connectivity index (χ2v) is 12.9. The van der Waals surface area contributed by atoms with Crippen LogP contribution in [0.25, 0.3) is 66.1 Å². The normalized spacial score (nSPS) is 13.0. The lowest BCUT2D eigenvalue weighted by Crippen LogP contribution is -2.15. The second-order valence-electron chi connectivity index (χ2n) is 12.9. The lowest BCUT2D eigenvalue weighted by Gasteiger charge is -2.24. The molecule has 0 radical (unpaired) electrons. The van der Waals surface area contributed by atoms with Crippen LogP contribution in [0.4, 0.5) is 52.7 Å². The maximum absolute atomic E-state index is 14.9. The van der Waals surface area contributed by atoms with Crippen molar-refractivity contribution in [3.8, 4) is 28.6 Å².